The van der Waals surface area contributed by atoms with Crippen LogP contribution in [0.4, 0.5) is 0 Å². The standard InChI is InChI=1S/C11H15NO2/c1-3-8(2)11(14)10-6-4-5-9(7-13)12-10/h4-6,8,13H,3,7H2,1-2H3. The number of aromatic nitrogens is 1. The summed E-state index contributed by atoms with van der Waals surface area (Å²) in [5.41, 5.74) is 0.991. The van der Waals surface area contributed by atoms with E-state index in [1.54, 1.807) is 18.2 Å². The van der Waals surface area contributed by atoms with Crippen molar-refractivity contribution in [1.29, 1.82) is 0 Å². The highest BCUT2D eigenvalue weighted by Crippen LogP contribution is 2.10. The maximum atomic E-state index is 11.7. The van der Waals surface area contributed by atoms with Crippen molar-refractivity contribution < 1.29 is 9.90 Å². The molecule has 1 rings (SSSR count). The normalized spacial score (nSPS) is 12.5. The molecule has 1 N–H and O–H groups in total. The van der Waals surface area contributed by atoms with Crippen LogP contribution >= 0.6 is 0 Å². The van der Waals surface area contributed by atoms with Crippen molar-refractivity contribution in [3.05, 3.63) is 29.6 Å². The smallest absolute Gasteiger partial charge is 0.183 e. The molecular weight excluding hydrogens is 178 g/mol. The van der Waals surface area contributed by atoms with Crippen molar-refractivity contribution in [3.8, 4) is 0 Å². The van der Waals surface area contributed by atoms with Crippen LogP contribution in [0.2, 0.25) is 0 Å². The number of aliphatic hydroxyl groups excluding tert-OH is 1. The lowest BCUT2D eigenvalue weighted by Gasteiger charge is -2.06. The Labute approximate surface area is 83.8 Å². The predicted molar refractivity (Wildman–Crippen MR) is 53.9 cm³/mol. The third-order valence-electron chi connectivity index (χ3n) is 2.28. The number of pyridine rings is 1. The first kappa shape index (κ1) is 10.9. The van der Waals surface area contributed by atoms with E-state index >= 15 is 0 Å². The van der Waals surface area contributed by atoms with Crippen molar-refractivity contribution in [2.75, 3.05) is 0 Å². The fraction of sp³-hybridized carbons (Fsp3) is 0.455. The number of hydrogen-bond donors (Lipinski definition) is 1. The summed E-state index contributed by atoms with van der Waals surface area (Å²) in [7, 11) is 0. The molecule has 0 aliphatic rings. The van der Waals surface area contributed by atoms with Crippen LogP contribution < -0.4 is 0 Å². The molecule has 0 saturated carbocycles. The van der Waals surface area contributed by atoms with E-state index in [1.807, 2.05) is 13.8 Å². The van der Waals surface area contributed by atoms with Gasteiger partial charge in [0.25, 0.3) is 0 Å². The molecule has 76 valence electrons. The van der Waals surface area contributed by atoms with Gasteiger partial charge in [-0.2, -0.15) is 0 Å². The molecule has 0 amide bonds. The molecule has 3 heteroatoms. The minimum absolute atomic E-state index is 0.00329. The lowest BCUT2D eigenvalue weighted by atomic mass is 10.0. The summed E-state index contributed by atoms with van der Waals surface area (Å²) in [5.74, 6) is 0.0410. The summed E-state index contributed by atoms with van der Waals surface area (Å²) in [6, 6.07) is 5.13. The number of rotatable bonds is 4. The predicted octanol–water partition coefficient (Wildman–Crippen LogP) is 1.80. The van der Waals surface area contributed by atoms with Crippen molar-refractivity contribution in [2.45, 2.75) is 26.9 Å². The largest absolute Gasteiger partial charge is 0.390 e. The second-order valence-electron chi connectivity index (χ2n) is 3.35. The molecule has 1 unspecified atom stereocenters. The maximum Gasteiger partial charge on any atom is 0.183 e. The van der Waals surface area contributed by atoms with E-state index in [0.717, 1.165) is 6.42 Å². The summed E-state index contributed by atoms with van der Waals surface area (Å²) in [6.07, 6.45) is 0.809. The minimum atomic E-state index is -0.123. The van der Waals surface area contributed by atoms with E-state index in [2.05, 4.69) is 4.98 Å². The third kappa shape index (κ3) is 2.39. The van der Waals surface area contributed by atoms with Crippen LogP contribution in [0.25, 0.3) is 0 Å². The number of carbonyl (C=O) groups is 1. The van der Waals surface area contributed by atoms with Crippen molar-refractivity contribution in [1.82, 2.24) is 4.98 Å². The molecule has 1 aromatic heterocycles. The Kier molecular flexibility index (Phi) is 3.77. The van der Waals surface area contributed by atoms with Crippen LogP contribution in [0.3, 0.4) is 0 Å². The van der Waals surface area contributed by atoms with Gasteiger partial charge in [-0.1, -0.05) is 19.9 Å². The Hall–Kier alpha value is -1.22. The molecule has 0 fully saturated rings. The quantitative estimate of drug-likeness (QED) is 0.742. The average molecular weight is 193 g/mol. The first-order valence-electron chi connectivity index (χ1n) is 4.80. The molecule has 1 atom stereocenters. The highest BCUT2D eigenvalue weighted by atomic mass is 16.3. The fourth-order valence-electron chi connectivity index (χ4n) is 1.14. The van der Waals surface area contributed by atoms with Crippen molar-refractivity contribution >= 4 is 5.78 Å². The van der Waals surface area contributed by atoms with Gasteiger partial charge in [-0.25, -0.2) is 4.98 Å². The Morgan fingerprint density at radius 1 is 1.57 bits per heavy atom. The molecule has 1 heterocycles. The first-order chi connectivity index (χ1) is 6.69. The van der Waals surface area contributed by atoms with Crippen LogP contribution in [-0.2, 0) is 6.61 Å². The van der Waals surface area contributed by atoms with Gasteiger partial charge in [0, 0.05) is 5.92 Å². The summed E-state index contributed by atoms with van der Waals surface area (Å²) < 4.78 is 0. The van der Waals surface area contributed by atoms with Crippen molar-refractivity contribution in [3.63, 3.8) is 0 Å². The number of nitrogens with zero attached hydrogens (tertiary/aromatic N) is 1. The summed E-state index contributed by atoms with van der Waals surface area (Å²) in [6.45, 7) is 3.73. The molecule has 14 heavy (non-hydrogen) atoms. The van der Waals surface area contributed by atoms with Gasteiger partial charge >= 0.3 is 0 Å². The third-order valence-corrected chi connectivity index (χ3v) is 2.28. The molecule has 0 saturated heterocycles. The van der Waals surface area contributed by atoms with Gasteiger partial charge in [-0.05, 0) is 18.6 Å². The second kappa shape index (κ2) is 4.86. The van der Waals surface area contributed by atoms with Crippen LogP contribution in [0.15, 0.2) is 18.2 Å². The van der Waals surface area contributed by atoms with E-state index in [-0.39, 0.29) is 18.3 Å². The Morgan fingerprint density at radius 2 is 2.29 bits per heavy atom. The van der Waals surface area contributed by atoms with E-state index in [1.165, 1.54) is 0 Å². The zero-order chi connectivity index (χ0) is 10.6. The number of Topliss-reactive ketones (excluding diaryl/α,β-unsaturated/α-hetero) is 1. The molecule has 0 spiro atoms. The van der Waals surface area contributed by atoms with E-state index < -0.39 is 0 Å². The van der Waals surface area contributed by atoms with Crippen LogP contribution in [0, 0.1) is 5.92 Å². The van der Waals surface area contributed by atoms with Gasteiger partial charge in [-0.3, -0.25) is 4.79 Å². The SMILES string of the molecule is CCC(C)C(=O)c1cccc(CO)n1. The van der Waals surface area contributed by atoms with Gasteiger partial charge in [0.2, 0.25) is 0 Å². The number of ketones is 1. The van der Waals surface area contributed by atoms with E-state index in [9.17, 15) is 4.79 Å². The minimum Gasteiger partial charge on any atom is -0.390 e. The number of carbonyl (C=O) groups excluding carboxylic acids is 1. The van der Waals surface area contributed by atoms with E-state index in [4.69, 9.17) is 5.11 Å². The monoisotopic (exact) mass is 193 g/mol. The molecule has 0 aromatic carbocycles. The van der Waals surface area contributed by atoms with Crippen molar-refractivity contribution in [2.24, 2.45) is 5.92 Å². The Morgan fingerprint density at radius 3 is 2.86 bits per heavy atom. The molecule has 1 aromatic rings. The summed E-state index contributed by atoms with van der Waals surface area (Å²) >= 11 is 0. The summed E-state index contributed by atoms with van der Waals surface area (Å²) in [4.78, 5) is 15.8. The van der Waals surface area contributed by atoms with Gasteiger partial charge in [0.1, 0.15) is 5.69 Å². The molecule has 3 nitrogen and oxygen atoms in total. The van der Waals surface area contributed by atoms with Crippen LogP contribution in [0.5, 0.6) is 0 Å². The molecular formula is C11H15NO2. The molecule has 0 aliphatic heterocycles. The zero-order valence-electron chi connectivity index (χ0n) is 8.53. The lowest BCUT2D eigenvalue weighted by molar-refractivity contribution is 0.0921. The summed E-state index contributed by atoms with van der Waals surface area (Å²) in [5, 5.41) is 8.87. The average Bonchev–Trinajstić information content (AvgIpc) is 2.27. The van der Waals surface area contributed by atoms with Gasteiger partial charge in [0.15, 0.2) is 5.78 Å². The Balaban J connectivity index is 2.90. The highest BCUT2D eigenvalue weighted by Gasteiger charge is 2.14. The van der Waals surface area contributed by atoms with Gasteiger partial charge in [-0.15, -0.1) is 0 Å². The number of aliphatic hydroxyl groups is 1. The van der Waals surface area contributed by atoms with Gasteiger partial charge < -0.3 is 5.11 Å². The fourth-order valence-corrected chi connectivity index (χ4v) is 1.14. The topological polar surface area (TPSA) is 50.2 Å². The zero-order valence-corrected chi connectivity index (χ0v) is 8.53. The maximum absolute atomic E-state index is 11.7. The van der Waals surface area contributed by atoms with Crippen LogP contribution in [-0.4, -0.2) is 15.9 Å². The first-order valence-corrected chi connectivity index (χ1v) is 4.80. The molecule has 0 aliphatic carbocycles. The molecule has 0 radical (unpaired) electrons. The Bertz CT molecular complexity index is 323. The van der Waals surface area contributed by atoms with Gasteiger partial charge in [0.05, 0.1) is 12.3 Å². The highest BCUT2D eigenvalue weighted by molar-refractivity contribution is 5.95. The number of hydrogen-bond acceptors (Lipinski definition) is 3. The lowest BCUT2D eigenvalue weighted by Crippen LogP contribution is -2.12. The van der Waals surface area contributed by atoms with E-state index in [0.29, 0.717) is 11.4 Å². The van der Waals surface area contributed by atoms with Crippen LogP contribution in [0.1, 0.15) is 36.5 Å². The molecule has 0 bridgehead atoms. The second-order valence-corrected chi connectivity index (χ2v) is 3.35.